The van der Waals surface area contributed by atoms with Gasteiger partial charge >= 0.3 is 0 Å². The number of nitrogens with two attached hydrogens (primary N) is 1. The minimum absolute atomic E-state index is 0.0509. The van der Waals surface area contributed by atoms with Crippen LogP contribution in [-0.2, 0) is 10.1 Å². The van der Waals surface area contributed by atoms with Crippen LogP contribution < -0.4 is 5.73 Å². The van der Waals surface area contributed by atoms with Crippen molar-refractivity contribution in [3.63, 3.8) is 0 Å². The predicted octanol–water partition coefficient (Wildman–Crippen LogP) is 2.49. The zero-order valence-corrected chi connectivity index (χ0v) is 14.5. The van der Waals surface area contributed by atoms with E-state index in [1.54, 1.807) is 6.07 Å². The fourth-order valence-electron chi connectivity index (χ4n) is 2.24. The van der Waals surface area contributed by atoms with Gasteiger partial charge < -0.3 is 10.8 Å². The molecule has 0 bridgehead atoms. The number of primary amides is 1. The number of rotatable bonds is 3. The van der Waals surface area contributed by atoms with Crippen LogP contribution in [0, 0.1) is 10.1 Å². The Balaban J connectivity index is 0.000000199. The van der Waals surface area contributed by atoms with Gasteiger partial charge in [0.25, 0.3) is 15.8 Å². The van der Waals surface area contributed by atoms with E-state index in [0.29, 0.717) is 10.8 Å². The molecule has 0 aliphatic rings. The summed E-state index contributed by atoms with van der Waals surface area (Å²) in [5.74, 6) is -0.617. The topological polar surface area (TPSA) is 161 Å². The Labute approximate surface area is 153 Å². The van der Waals surface area contributed by atoms with E-state index in [0.717, 1.165) is 6.07 Å². The Morgan fingerprint density at radius 1 is 1.04 bits per heavy atom. The average molecular weight is 390 g/mol. The molecule has 0 saturated carbocycles. The Bertz CT molecular complexity index is 1100. The maximum absolute atomic E-state index is 11.0. The van der Waals surface area contributed by atoms with Gasteiger partial charge in [-0.1, -0.05) is 18.2 Å². The number of carbonyl (C=O) groups excluding carboxylic acids is 1. The van der Waals surface area contributed by atoms with Crippen LogP contribution in [0.1, 0.15) is 10.4 Å². The van der Waals surface area contributed by atoms with Gasteiger partial charge in [-0.3, -0.25) is 19.5 Å². The van der Waals surface area contributed by atoms with Crippen LogP contribution in [-0.4, -0.2) is 28.9 Å². The van der Waals surface area contributed by atoms with E-state index >= 15 is 0 Å². The number of hydrogen-bond acceptors (Lipinski definition) is 6. The molecule has 0 unspecified atom stereocenters. The average Bonchev–Trinajstić information content (AvgIpc) is 2.60. The van der Waals surface area contributed by atoms with Crippen molar-refractivity contribution in [3.8, 4) is 5.75 Å². The molecule has 1 amide bonds. The summed E-state index contributed by atoms with van der Waals surface area (Å²) >= 11 is 0. The lowest BCUT2D eigenvalue weighted by Crippen LogP contribution is -2.10. The maximum atomic E-state index is 11.0. The lowest BCUT2D eigenvalue weighted by atomic mass is 10.1. The van der Waals surface area contributed by atoms with Gasteiger partial charge in [0.15, 0.2) is 0 Å². The number of carbonyl (C=O) groups is 1. The van der Waals surface area contributed by atoms with Crippen molar-refractivity contribution in [1.29, 1.82) is 0 Å². The smallest absolute Gasteiger partial charge is 0.295 e. The first kappa shape index (κ1) is 19.8. The summed E-state index contributed by atoms with van der Waals surface area (Å²) in [7, 11) is -4.22. The lowest BCUT2D eigenvalue weighted by molar-refractivity contribution is -0.384. The number of nitro benzene ring substituents is 1. The van der Waals surface area contributed by atoms with E-state index in [1.807, 2.05) is 0 Å². The van der Waals surface area contributed by atoms with Crippen LogP contribution in [0.2, 0.25) is 0 Å². The first-order valence-corrected chi connectivity index (χ1v) is 8.77. The van der Waals surface area contributed by atoms with Gasteiger partial charge in [-0.2, -0.15) is 8.42 Å². The highest BCUT2D eigenvalue weighted by Crippen LogP contribution is 2.25. The number of non-ortho nitro benzene ring substituents is 1. The molecule has 0 atom stereocenters. The highest BCUT2D eigenvalue weighted by molar-refractivity contribution is 7.86. The van der Waals surface area contributed by atoms with Crippen LogP contribution in [0.3, 0.4) is 0 Å². The molecule has 0 aliphatic heterocycles. The SMILES string of the molecule is NC(=O)c1cccc([N+](=O)[O-])c1.O=S(=O)(O)c1cccc2cc(O)ccc12. The molecule has 140 valence electrons. The van der Waals surface area contributed by atoms with E-state index < -0.39 is 20.9 Å². The summed E-state index contributed by atoms with van der Waals surface area (Å²) in [6.45, 7) is 0. The van der Waals surface area contributed by atoms with Crippen molar-refractivity contribution in [1.82, 2.24) is 0 Å². The predicted molar refractivity (Wildman–Crippen MR) is 97.0 cm³/mol. The van der Waals surface area contributed by atoms with Crippen molar-refractivity contribution < 1.29 is 27.8 Å². The highest BCUT2D eigenvalue weighted by Gasteiger charge is 2.13. The van der Waals surface area contributed by atoms with Crippen molar-refractivity contribution >= 4 is 32.5 Å². The Morgan fingerprint density at radius 2 is 1.70 bits per heavy atom. The van der Waals surface area contributed by atoms with E-state index in [-0.39, 0.29) is 21.9 Å². The Morgan fingerprint density at radius 3 is 2.30 bits per heavy atom. The number of fused-ring (bicyclic) bond motifs is 1. The van der Waals surface area contributed by atoms with E-state index in [4.69, 9.17) is 10.3 Å². The third-order valence-electron chi connectivity index (χ3n) is 3.44. The number of nitrogens with zero attached hydrogens (tertiary/aromatic N) is 1. The molecule has 3 aromatic rings. The number of nitro groups is 1. The number of amides is 1. The summed E-state index contributed by atoms with van der Waals surface area (Å²) < 4.78 is 31.0. The number of benzene rings is 3. The molecule has 3 aromatic carbocycles. The van der Waals surface area contributed by atoms with Crippen molar-refractivity contribution in [2.75, 3.05) is 0 Å². The molecule has 9 nitrogen and oxygen atoms in total. The monoisotopic (exact) mass is 390 g/mol. The fourth-order valence-corrected chi connectivity index (χ4v) is 2.95. The first-order chi connectivity index (χ1) is 12.6. The number of phenols is 1. The standard InChI is InChI=1S/C10H8O4S.C7H6N2O3/c11-8-4-5-9-7(6-8)2-1-3-10(9)15(12,13)14;8-7(10)5-2-1-3-6(4-5)9(11)12/h1-6,11H,(H,12,13,14);1-4H,(H2,8,10). The number of hydrogen-bond donors (Lipinski definition) is 3. The Hall–Kier alpha value is -3.50. The summed E-state index contributed by atoms with van der Waals surface area (Å²) in [5, 5.41) is 20.4. The van der Waals surface area contributed by atoms with Crippen molar-refractivity contribution in [2.45, 2.75) is 4.90 Å². The van der Waals surface area contributed by atoms with Gasteiger partial charge in [0, 0.05) is 23.1 Å². The molecular formula is C17H14N2O7S. The second-order valence-corrected chi connectivity index (χ2v) is 6.70. The van der Waals surface area contributed by atoms with Gasteiger partial charge in [0.1, 0.15) is 10.6 Å². The zero-order chi connectivity index (χ0) is 20.2. The largest absolute Gasteiger partial charge is 0.508 e. The second kappa shape index (κ2) is 7.81. The highest BCUT2D eigenvalue weighted by atomic mass is 32.2. The van der Waals surface area contributed by atoms with Crippen LogP contribution in [0.5, 0.6) is 5.75 Å². The Kier molecular flexibility index (Phi) is 5.73. The summed E-state index contributed by atoms with van der Waals surface area (Å²) in [5.41, 5.74) is 4.93. The van der Waals surface area contributed by atoms with Crippen LogP contribution in [0.4, 0.5) is 5.69 Å². The maximum Gasteiger partial charge on any atom is 0.295 e. The van der Waals surface area contributed by atoms with Crippen molar-refractivity contribution in [3.05, 3.63) is 76.3 Å². The fraction of sp³-hybridized carbons (Fsp3) is 0. The minimum Gasteiger partial charge on any atom is -0.508 e. The second-order valence-electron chi connectivity index (χ2n) is 5.31. The minimum atomic E-state index is -4.22. The van der Waals surface area contributed by atoms with Gasteiger partial charge in [-0.05, 0) is 35.7 Å². The van der Waals surface area contributed by atoms with E-state index in [9.17, 15) is 28.4 Å². The lowest BCUT2D eigenvalue weighted by Gasteiger charge is -2.03. The van der Waals surface area contributed by atoms with Gasteiger partial charge in [-0.15, -0.1) is 0 Å². The molecule has 0 spiro atoms. The molecule has 0 aliphatic carbocycles. The summed E-state index contributed by atoms with van der Waals surface area (Å²) in [6.07, 6.45) is 0. The molecule has 0 heterocycles. The normalized spacial score (nSPS) is 10.7. The third kappa shape index (κ3) is 5.00. The molecule has 0 radical (unpaired) electrons. The van der Waals surface area contributed by atoms with Crippen molar-refractivity contribution in [2.24, 2.45) is 5.73 Å². The van der Waals surface area contributed by atoms with E-state index in [1.165, 1.54) is 48.5 Å². The number of phenolic OH excluding ortho intramolecular Hbond substituents is 1. The van der Waals surface area contributed by atoms with E-state index in [2.05, 4.69) is 0 Å². The van der Waals surface area contributed by atoms with Crippen LogP contribution >= 0.6 is 0 Å². The van der Waals surface area contributed by atoms with Crippen LogP contribution in [0.25, 0.3) is 10.8 Å². The van der Waals surface area contributed by atoms with Crippen LogP contribution in [0.15, 0.2) is 65.6 Å². The quantitative estimate of drug-likeness (QED) is 0.351. The molecule has 10 heteroatoms. The molecule has 4 N–H and O–H groups in total. The van der Waals surface area contributed by atoms with Gasteiger partial charge in [0.2, 0.25) is 5.91 Å². The van der Waals surface area contributed by atoms with Gasteiger partial charge in [0.05, 0.1) is 4.92 Å². The number of aromatic hydroxyl groups is 1. The molecule has 0 aromatic heterocycles. The molecule has 0 fully saturated rings. The first-order valence-electron chi connectivity index (χ1n) is 7.33. The third-order valence-corrected chi connectivity index (χ3v) is 4.36. The molecular weight excluding hydrogens is 376 g/mol. The van der Waals surface area contributed by atoms with Gasteiger partial charge in [-0.25, -0.2) is 0 Å². The summed E-state index contributed by atoms with van der Waals surface area (Å²) in [4.78, 5) is 20.1. The molecule has 3 rings (SSSR count). The zero-order valence-electron chi connectivity index (χ0n) is 13.6. The molecule has 0 saturated heterocycles. The summed E-state index contributed by atoms with van der Waals surface area (Å²) in [6, 6.07) is 14.0. The molecule has 27 heavy (non-hydrogen) atoms.